The lowest BCUT2D eigenvalue weighted by Crippen LogP contribution is -2.41. The van der Waals surface area contributed by atoms with Crippen molar-refractivity contribution in [2.75, 3.05) is 11.4 Å². The van der Waals surface area contributed by atoms with Crippen LogP contribution in [0.15, 0.2) is 16.9 Å². The number of benzene rings is 1. The minimum Gasteiger partial charge on any atom is -0.368 e. The van der Waals surface area contributed by atoms with Crippen LogP contribution in [0.3, 0.4) is 0 Å². The first-order valence-corrected chi connectivity index (χ1v) is 12.2. The zero-order valence-electron chi connectivity index (χ0n) is 21.4. The number of hydrogen-bond acceptors (Lipinski definition) is 3. The van der Waals surface area contributed by atoms with Crippen LogP contribution in [0.5, 0.6) is 0 Å². The van der Waals surface area contributed by atoms with E-state index in [1.807, 2.05) is 6.92 Å². The molecular formula is C27H37F2N3O2. The lowest BCUT2D eigenvalue weighted by molar-refractivity contribution is 0.0949. The Hall–Kier alpha value is -2.70. The Labute approximate surface area is 201 Å². The number of nitrogens with one attached hydrogen (secondary N) is 1. The maximum Gasteiger partial charge on any atom is 0.255 e. The van der Waals surface area contributed by atoms with E-state index < -0.39 is 17.5 Å². The molecule has 1 aromatic carbocycles. The highest BCUT2D eigenvalue weighted by Gasteiger charge is 2.30. The topological polar surface area (TPSA) is 54.3 Å². The summed E-state index contributed by atoms with van der Waals surface area (Å²) in [5.74, 6) is -0.234. The van der Waals surface area contributed by atoms with Crippen LogP contribution in [0, 0.1) is 44.2 Å². The Kier molecular flexibility index (Phi) is 7.84. The first-order valence-electron chi connectivity index (χ1n) is 12.2. The summed E-state index contributed by atoms with van der Waals surface area (Å²) < 4.78 is 30.4. The first kappa shape index (κ1) is 25.9. The standard InChI is InChI=1S/C27H37F2N3O2/c1-8-32(21-10-15(2)9-16(3)11-21)24-13-20(28)12-22(17(24)4)26(33)30-14-23-18(5)25(29)19(6)31(7)27(23)34/h12-13,15-16,21H,8-11,14H2,1-7H3,(H,30,33)/t15-,16-/m0/s1. The number of hydrogen-bond donors (Lipinski definition) is 1. The Morgan fingerprint density at radius 3 is 2.29 bits per heavy atom. The van der Waals surface area contributed by atoms with Gasteiger partial charge in [0.05, 0.1) is 5.69 Å². The average Bonchev–Trinajstić information content (AvgIpc) is 2.78. The summed E-state index contributed by atoms with van der Waals surface area (Å²) in [4.78, 5) is 27.9. The normalized spacial score (nSPS) is 20.3. The maximum absolute atomic E-state index is 14.7. The molecule has 1 aromatic heterocycles. The number of aromatic nitrogens is 1. The second-order valence-corrected chi connectivity index (χ2v) is 10.0. The molecule has 0 bridgehead atoms. The van der Waals surface area contributed by atoms with Gasteiger partial charge in [-0.3, -0.25) is 9.59 Å². The van der Waals surface area contributed by atoms with Crippen molar-refractivity contribution in [3.05, 3.63) is 62.1 Å². The molecule has 0 spiro atoms. The predicted molar refractivity (Wildman–Crippen MR) is 132 cm³/mol. The van der Waals surface area contributed by atoms with E-state index in [-0.39, 0.29) is 34.5 Å². The molecule has 1 amide bonds. The van der Waals surface area contributed by atoms with E-state index >= 15 is 0 Å². The van der Waals surface area contributed by atoms with Crippen LogP contribution < -0.4 is 15.8 Å². The highest BCUT2D eigenvalue weighted by atomic mass is 19.1. The number of pyridine rings is 1. The zero-order chi connectivity index (χ0) is 25.3. The fourth-order valence-corrected chi connectivity index (χ4v) is 5.52. The van der Waals surface area contributed by atoms with Crippen molar-refractivity contribution in [2.45, 2.75) is 73.4 Å². The molecule has 0 saturated heterocycles. The summed E-state index contributed by atoms with van der Waals surface area (Å²) in [6.07, 6.45) is 3.27. The lowest BCUT2D eigenvalue weighted by atomic mass is 9.79. The van der Waals surface area contributed by atoms with Crippen molar-refractivity contribution in [1.82, 2.24) is 9.88 Å². The zero-order valence-corrected chi connectivity index (χ0v) is 21.4. The van der Waals surface area contributed by atoms with Gasteiger partial charge in [-0.25, -0.2) is 8.78 Å². The molecular weight excluding hydrogens is 436 g/mol. The third-order valence-corrected chi connectivity index (χ3v) is 7.43. The van der Waals surface area contributed by atoms with Crippen LogP contribution in [0.2, 0.25) is 0 Å². The third kappa shape index (κ3) is 5.03. The van der Waals surface area contributed by atoms with E-state index in [1.165, 1.54) is 44.0 Å². The van der Waals surface area contributed by atoms with E-state index in [9.17, 15) is 18.4 Å². The number of halogens is 2. The largest absolute Gasteiger partial charge is 0.368 e. The predicted octanol–water partition coefficient (Wildman–Crippen LogP) is 5.17. The van der Waals surface area contributed by atoms with Crippen molar-refractivity contribution in [2.24, 2.45) is 18.9 Å². The maximum atomic E-state index is 14.7. The van der Waals surface area contributed by atoms with Gasteiger partial charge < -0.3 is 14.8 Å². The van der Waals surface area contributed by atoms with Crippen molar-refractivity contribution < 1.29 is 13.6 Å². The number of carbonyl (C=O) groups is 1. The molecule has 1 saturated carbocycles. The van der Waals surface area contributed by atoms with Gasteiger partial charge in [-0.05, 0) is 82.1 Å². The Morgan fingerprint density at radius 1 is 1.09 bits per heavy atom. The van der Waals surface area contributed by atoms with E-state index in [0.717, 1.165) is 18.5 Å². The summed E-state index contributed by atoms with van der Waals surface area (Å²) in [6.45, 7) is 12.1. The van der Waals surface area contributed by atoms with Crippen LogP contribution in [-0.2, 0) is 13.6 Å². The summed E-state index contributed by atoms with van der Waals surface area (Å²) in [7, 11) is 1.50. The molecule has 0 aliphatic heterocycles. The molecule has 3 rings (SSSR count). The van der Waals surface area contributed by atoms with Crippen LogP contribution >= 0.6 is 0 Å². The summed E-state index contributed by atoms with van der Waals surface area (Å²) in [5.41, 5.74) is 1.95. The van der Waals surface area contributed by atoms with Gasteiger partial charge in [0.2, 0.25) is 0 Å². The average molecular weight is 474 g/mol. The van der Waals surface area contributed by atoms with Crippen LogP contribution in [0.4, 0.5) is 14.5 Å². The van der Waals surface area contributed by atoms with E-state index in [0.29, 0.717) is 30.0 Å². The van der Waals surface area contributed by atoms with Gasteiger partial charge in [-0.15, -0.1) is 0 Å². The Bertz CT molecular complexity index is 1130. The van der Waals surface area contributed by atoms with Crippen LogP contribution in [0.1, 0.15) is 72.8 Å². The molecule has 1 aliphatic rings. The first-order chi connectivity index (χ1) is 16.0. The van der Waals surface area contributed by atoms with Gasteiger partial charge in [0.1, 0.15) is 11.6 Å². The lowest BCUT2D eigenvalue weighted by Gasteiger charge is -2.41. The molecule has 1 N–H and O–H groups in total. The summed E-state index contributed by atoms with van der Waals surface area (Å²) >= 11 is 0. The van der Waals surface area contributed by atoms with E-state index in [4.69, 9.17) is 0 Å². The molecule has 0 unspecified atom stereocenters. The second-order valence-electron chi connectivity index (χ2n) is 10.0. The monoisotopic (exact) mass is 473 g/mol. The highest BCUT2D eigenvalue weighted by molar-refractivity contribution is 5.97. The van der Waals surface area contributed by atoms with Gasteiger partial charge in [-0.1, -0.05) is 13.8 Å². The van der Waals surface area contributed by atoms with Gasteiger partial charge in [0.15, 0.2) is 0 Å². The molecule has 1 aliphatic carbocycles. The molecule has 1 fully saturated rings. The molecule has 5 nitrogen and oxygen atoms in total. The van der Waals surface area contributed by atoms with Crippen molar-refractivity contribution in [3.8, 4) is 0 Å². The minimum atomic E-state index is -0.484. The number of amides is 1. The molecule has 2 atom stereocenters. The van der Waals surface area contributed by atoms with Crippen LogP contribution in [-0.4, -0.2) is 23.1 Å². The van der Waals surface area contributed by atoms with Crippen molar-refractivity contribution in [3.63, 3.8) is 0 Å². The van der Waals surface area contributed by atoms with Crippen LogP contribution in [0.25, 0.3) is 0 Å². The second kappa shape index (κ2) is 10.3. The summed E-state index contributed by atoms with van der Waals surface area (Å²) in [5, 5.41) is 2.71. The fourth-order valence-electron chi connectivity index (χ4n) is 5.52. The van der Waals surface area contributed by atoms with E-state index in [2.05, 4.69) is 31.0 Å². The number of anilines is 1. The number of rotatable bonds is 6. The third-order valence-electron chi connectivity index (χ3n) is 7.43. The number of nitrogens with zero attached hydrogens (tertiary/aromatic N) is 2. The quantitative estimate of drug-likeness (QED) is 0.630. The van der Waals surface area contributed by atoms with E-state index in [1.54, 1.807) is 0 Å². The highest BCUT2D eigenvalue weighted by Crippen LogP contribution is 2.36. The smallest absolute Gasteiger partial charge is 0.255 e. The van der Waals surface area contributed by atoms with Crippen molar-refractivity contribution >= 4 is 11.6 Å². The molecule has 34 heavy (non-hydrogen) atoms. The van der Waals surface area contributed by atoms with Gasteiger partial charge in [-0.2, -0.15) is 0 Å². The SMILES string of the molecule is CCN(c1cc(F)cc(C(=O)NCc2c(C)c(F)c(C)n(C)c2=O)c1C)C1C[C@@H](C)C[C@H](C)C1. The summed E-state index contributed by atoms with van der Waals surface area (Å²) in [6, 6.07) is 3.03. The molecule has 0 radical (unpaired) electrons. The van der Waals surface area contributed by atoms with Gasteiger partial charge in [0.25, 0.3) is 11.5 Å². The number of carbonyl (C=O) groups excluding carboxylic acids is 1. The van der Waals surface area contributed by atoms with Gasteiger partial charge in [0, 0.05) is 43.0 Å². The molecule has 2 aromatic rings. The minimum absolute atomic E-state index is 0.130. The molecule has 1 heterocycles. The fraction of sp³-hybridized carbons (Fsp3) is 0.556. The van der Waals surface area contributed by atoms with Crippen molar-refractivity contribution in [1.29, 1.82) is 0 Å². The molecule has 7 heteroatoms. The Morgan fingerprint density at radius 2 is 1.71 bits per heavy atom. The Balaban J connectivity index is 1.90. The van der Waals surface area contributed by atoms with Gasteiger partial charge >= 0.3 is 0 Å². The molecule has 186 valence electrons.